The zero-order chi connectivity index (χ0) is 13.0. The molecular weight excluding hydrogens is 228 g/mol. The number of allylic oxidation sites excluding steroid dienone is 1. The van der Waals surface area contributed by atoms with Crippen LogP contribution in [0, 0.1) is 11.6 Å². The molecule has 0 aliphatic rings. The molecule has 17 heavy (non-hydrogen) atoms. The van der Waals surface area contributed by atoms with E-state index in [1.54, 1.807) is 0 Å². The molecule has 1 aromatic rings. The summed E-state index contributed by atoms with van der Waals surface area (Å²) in [5, 5.41) is 11.3. The van der Waals surface area contributed by atoms with Crippen LogP contribution in [0.25, 0.3) is 0 Å². The molecular formula is C12H13F2NO2. The van der Waals surface area contributed by atoms with Crippen LogP contribution in [-0.4, -0.2) is 17.6 Å². The topological polar surface area (TPSA) is 49.3 Å². The maximum Gasteiger partial charge on any atom is 0.338 e. The van der Waals surface area contributed by atoms with E-state index in [1.807, 2.05) is 19.9 Å². The maximum atomic E-state index is 13.4. The summed E-state index contributed by atoms with van der Waals surface area (Å²) in [7, 11) is 0. The Morgan fingerprint density at radius 1 is 1.35 bits per heavy atom. The number of carboxylic acids is 1. The lowest BCUT2D eigenvalue weighted by molar-refractivity contribution is 0.0690. The fourth-order valence-corrected chi connectivity index (χ4v) is 1.22. The molecule has 0 spiro atoms. The number of carboxylic acid groups (broad SMARTS) is 1. The zero-order valence-corrected chi connectivity index (χ0v) is 9.55. The quantitative estimate of drug-likeness (QED) is 0.796. The zero-order valence-electron chi connectivity index (χ0n) is 9.55. The van der Waals surface area contributed by atoms with Crippen molar-refractivity contribution in [3.63, 3.8) is 0 Å². The normalized spacial score (nSPS) is 9.88. The van der Waals surface area contributed by atoms with E-state index in [0.29, 0.717) is 6.54 Å². The molecule has 0 heterocycles. The third-order valence-corrected chi connectivity index (χ3v) is 2.12. The Labute approximate surface area is 97.8 Å². The van der Waals surface area contributed by atoms with Crippen molar-refractivity contribution in [2.24, 2.45) is 0 Å². The van der Waals surface area contributed by atoms with Crippen LogP contribution in [0.4, 0.5) is 14.5 Å². The van der Waals surface area contributed by atoms with Gasteiger partial charge in [-0.1, -0.05) is 11.6 Å². The molecule has 0 aliphatic heterocycles. The number of rotatable bonds is 4. The van der Waals surface area contributed by atoms with Gasteiger partial charge in [0.2, 0.25) is 0 Å². The van der Waals surface area contributed by atoms with E-state index in [9.17, 15) is 13.6 Å². The van der Waals surface area contributed by atoms with Crippen molar-refractivity contribution in [2.45, 2.75) is 13.8 Å². The second kappa shape index (κ2) is 5.43. The summed E-state index contributed by atoms with van der Waals surface area (Å²) in [6.07, 6.45) is 1.81. The first-order chi connectivity index (χ1) is 7.93. The van der Waals surface area contributed by atoms with E-state index in [2.05, 4.69) is 5.32 Å². The van der Waals surface area contributed by atoms with Gasteiger partial charge in [0.15, 0.2) is 11.6 Å². The van der Waals surface area contributed by atoms with E-state index in [4.69, 9.17) is 5.11 Å². The smallest absolute Gasteiger partial charge is 0.338 e. The van der Waals surface area contributed by atoms with E-state index in [-0.39, 0.29) is 5.69 Å². The Morgan fingerprint density at radius 2 is 2.00 bits per heavy atom. The number of nitrogens with one attached hydrogen (secondary N) is 1. The third kappa shape index (κ3) is 3.27. The lowest BCUT2D eigenvalue weighted by Gasteiger charge is -2.07. The summed E-state index contributed by atoms with van der Waals surface area (Å²) in [5.41, 5.74) is 0.320. The number of benzene rings is 1. The van der Waals surface area contributed by atoms with Gasteiger partial charge in [-0.2, -0.15) is 0 Å². The van der Waals surface area contributed by atoms with Gasteiger partial charge in [0.25, 0.3) is 0 Å². The molecule has 0 saturated carbocycles. The van der Waals surface area contributed by atoms with Gasteiger partial charge in [0, 0.05) is 6.54 Å². The second-order valence-electron chi connectivity index (χ2n) is 3.76. The number of hydrogen-bond donors (Lipinski definition) is 2. The highest BCUT2D eigenvalue weighted by atomic mass is 19.2. The number of carbonyl (C=O) groups is 1. The van der Waals surface area contributed by atoms with E-state index < -0.39 is 23.2 Å². The maximum absolute atomic E-state index is 13.4. The molecule has 1 aromatic carbocycles. The first-order valence-electron chi connectivity index (χ1n) is 5.02. The predicted molar refractivity (Wildman–Crippen MR) is 61.2 cm³/mol. The molecule has 0 bridgehead atoms. The molecule has 0 unspecified atom stereocenters. The van der Waals surface area contributed by atoms with Crippen LogP contribution < -0.4 is 5.32 Å². The van der Waals surface area contributed by atoms with Gasteiger partial charge in [0.1, 0.15) is 0 Å². The van der Waals surface area contributed by atoms with E-state index in [0.717, 1.165) is 11.6 Å². The van der Waals surface area contributed by atoms with Gasteiger partial charge in [0.05, 0.1) is 11.3 Å². The molecule has 1 rings (SSSR count). The molecule has 0 fully saturated rings. The van der Waals surface area contributed by atoms with Crippen molar-refractivity contribution in [1.29, 1.82) is 0 Å². The molecule has 0 amide bonds. The summed E-state index contributed by atoms with van der Waals surface area (Å²) in [4.78, 5) is 10.6. The van der Waals surface area contributed by atoms with E-state index in [1.165, 1.54) is 6.07 Å². The van der Waals surface area contributed by atoms with Crippen LogP contribution in [0.3, 0.4) is 0 Å². The van der Waals surface area contributed by atoms with Crippen LogP contribution in [0.1, 0.15) is 24.2 Å². The summed E-state index contributed by atoms with van der Waals surface area (Å²) in [5.74, 6) is -4.01. The fraction of sp³-hybridized carbons (Fsp3) is 0.250. The number of hydrogen-bond acceptors (Lipinski definition) is 2. The summed E-state index contributed by atoms with van der Waals surface area (Å²) in [6, 6.07) is 2.24. The second-order valence-corrected chi connectivity index (χ2v) is 3.76. The minimum absolute atomic E-state index is 0.0509. The molecule has 92 valence electrons. The molecule has 0 aliphatic carbocycles. The van der Waals surface area contributed by atoms with Gasteiger partial charge >= 0.3 is 5.97 Å². The van der Waals surface area contributed by atoms with Crippen LogP contribution in [0.2, 0.25) is 0 Å². The first-order valence-corrected chi connectivity index (χ1v) is 5.02. The van der Waals surface area contributed by atoms with E-state index >= 15 is 0 Å². The fourth-order valence-electron chi connectivity index (χ4n) is 1.22. The van der Waals surface area contributed by atoms with Crippen LogP contribution in [0.5, 0.6) is 0 Å². The van der Waals surface area contributed by atoms with Gasteiger partial charge in [-0.3, -0.25) is 0 Å². The first kappa shape index (κ1) is 13.2. The lowest BCUT2D eigenvalue weighted by Crippen LogP contribution is -2.07. The highest BCUT2D eigenvalue weighted by Gasteiger charge is 2.17. The minimum atomic E-state index is -1.49. The summed E-state index contributed by atoms with van der Waals surface area (Å²) < 4.78 is 26.7. The average Bonchev–Trinajstić information content (AvgIpc) is 2.23. The number of aromatic carboxylic acids is 1. The standard InChI is InChI=1S/C12H13F2NO2/c1-7(2)5-6-15-9-4-3-8(12(16)17)10(13)11(9)14/h3-5,15H,6H2,1-2H3,(H,16,17). The Kier molecular flexibility index (Phi) is 4.20. The Balaban J connectivity index is 2.93. The van der Waals surface area contributed by atoms with Crippen molar-refractivity contribution in [2.75, 3.05) is 11.9 Å². The predicted octanol–water partition coefficient (Wildman–Crippen LogP) is 3.04. The Morgan fingerprint density at radius 3 is 2.53 bits per heavy atom. The van der Waals surface area contributed by atoms with Crippen molar-refractivity contribution in [3.8, 4) is 0 Å². The minimum Gasteiger partial charge on any atom is -0.478 e. The average molecular weight is 241 g/mol. The monoisotopic (exact) mass is 241 g/mol. The highest BCUT2D eigenvalue weighted by Crippen LogP contribution is 2.20. The van der Waals surface area contributed by atoms with Crippen LogP contribution >= 0.6 is 0 Å². The van der Waals surface area contributed by atoms with Crippen molar-refractivity contribution in [1.82, 2.24) is 0 Å². The van der Waals surface area contributed by atoms with Gasteiger partial charge < -0.3 is 10.4 Å². The molecule has 0 radical (unpaired) electrons. The third-order valence-electron chi connectivity index (χ3n) is 2.12. The van der Waals surface area contributed by atoms with Gasteiger partial charge in [-0.05, 0) is 26.0 Å². The molecule has 2 N–H and O–H groups in total. The SMILES string of the molecule is CC(C)=CCNc1ccc(C(=O)O)c(F)c1F. The van der Waals surface area contributed by atoms with Gasteiger partial charge in [-0.25, -0.2) is 13.6 Å². The molecule has 5 heteroatoms. The van der Waals surface area contributed by atoms with Crippen LogP contribution in [0.15, 0.2) is 23.8 Å². The molecule has 0 aromatic heterocycles. The molecule has 0 saturated heterocycles. The van der Waals surface area contributed by atoms with Crippen molar-refractivity contribution in [3.05, 3.63) is 41.0 Å². The van der Waals surface area contributed by atoms with Crippen molar-refractivity contribution < 1.29 is 18.7 Å². The van der Waals surface area contributed by atoms with Crippen molar-refractivity contribution >= 4 is 11.7 Å². The Bertz CT molecular complexity index is 466. The molecule has 3 nitrogen and oxygen atoms in total. The molecule has 0 atom stereocenters. The number of halogens is 2. The number of anilines is 1. The largest absolute Gasteiger partial charge is 0.478 e. The van der Waals surface area contributed by atoms with Crippen LogP contribution in [-0.2, 0) is 0 Å². The summed E-state index contributed by atoms with van der Waals surface area (Å²) in [6.45, 7) is 4.11. The highest BCUT2D eigenvalue weighted by molar-refractivity contribution is 5.88. The lowest BCUT2D eigenvalue weighted by atomic mass is 10.2. The summed E-state index contributed by atoms with van der Waals surface area (Å²) >= 11 is 0. The Hall–Kier alpha value is -1.91. The van der Waals surface area contributed by atoms with Gasteiger partial charge in [-0.15, -0.1) is 0 Å².